The summed E-state index contributed by atoms with van der Waals surface area (Å²) >= 11 is 0. The minimum atomic E-state index is -0.0522. The average Bonchev–Trinajstić information content (AvgIpc) is 3.13. The second kappa shape index (κ2) is 4.78. The molecule has 3 aromatic rings. The maximum atomic E-state index is 9.62. The summed E-state index contributed by atoms with van der Waals surface area (Å²) in [5, 5.41) is 9.62. The number of benzene rings is 1. The summed E-state index contributed by atoms with van der Waals surface area (Å²) in [7, 11) is 0. The van der Waals surface area contributed by atoms with Gasteiger partial charge in [0.15, 0.2) is 11.5 Å². The molecule has 0 amide bonds. The molecule has 0 bridgehead atoms. The number of nitrogens with zero attached hydrogens (tertiary/aromatic N) is 4. The van der Waals surface area contributed by atoms with Gasteiger partial charge in [-0.1, -0.05) is 30.3 Å². The van der Waals surface area contributed by atoms with E-state index in [2.05, 4.69) is 27.1 Å². The highest BCUT2D eigenvalue weighted by Gasteiger charge is 2.55. The summed E-state index contributed by atoms with van der Waals surface area (Å²) in [6.45, 7) is 0.924. The standard InChI is InChI=1S/C16H17N5O/c17-14-13-15(19-9-18-14)21(10-20-13)8-16(6-12(16)7-22)11-4-2-1-3-5-11/h1-5,9-10,12,22H,6-8H2,(H2,17,18,19)/t12-,16+/m1/s1. The highest BCUT2D eigenvalue weighted by molar-refractivity contribution is 5.81. The number of hydrogen-bond acceptors (Lipinski definition) is 5. The van der Waals surface area contributed by atoms with E-state index in [1.165, 1.54) is 11.9 Å². The van der Waals surface area contributed by atoms with E-state index in [4.69, 9.17) is 5.73 Å². The van der Waals surface area contributed by atoms with Gasteiger partial charge in [0, 0.05) is 18.6 Å². The van der Waals surface area contributed by atoms with Crippen molar-refractivity contribution >= 4 is 17.0 Å². The Balaban J connectivity index is 1.75. The van der Waals surface area contributed by atoms with E-state index in [9.17, 15) is 5.11 Å². The minimum absolute atomic E-state index is 0.0522. The lowest BCUT2D eigenvalue weighted by Gasteiger charge is -2.18. The van der Waals surface area contributed by atoms with E-state index < -0.39 is 0 Å². The van der Waals surface area contributed by atoms with Crippen molar-refractivity contribution in [2.75, 3.05) is 12.3 Å². The Kier molecular flexibility index (Phi) is 2.87. The van der Waals surface area contributed by atoms with Crippen LogP contribution in [0.1, 0.15) is 12.0 Å². The largest absolute Gasteiger partial charge is 0.396 e. The van der Waals surface area contributed by atoms with Gasteiger partial charge in [0.2, 0.25) is 0 Å². The lowest BCUT2D eigenvalue weighted by molar-refractivity contribution is 0.259. The maximum Gasteiger partial charge on any atom is 0.165 e. The lowest BCUT2D eigenvalue weighted by Crippen LogP contribution is -2.20. The molecular formula is C16H17N5O. The molecule has 0 aliphatic heterocycles. The van der Waals surface area contributed by atoms with Crippen LogP contribution < -0.4 is 5.73 Å². The molecule has 0 unspecified atom stereocenters. The van der Waals surface area contributed by atoms with Crippen LogP contribution in [0.4, 0.5) is 5.82 Å². The van der Waals surface area contributed by atoms with Crippen molar-refractivity contribution in [3.63, 3.8) is 0 Å². The first-order valence-corrected chi connectivity index (χ1v) is 7.32. The van der Waals surface area contributed by atoms with Gasteiger partial charge in [-0.25, -0.2) is 15.0 Å². The lowest BCUT2D eigenvalue weighted by atomic mass is 9.93. The SMILES string of the molecule is Nc1ncnc2c1ncn2C[C@]1(c2ccccc2)C[C@@H]1CO. The Morgan fingerprint density at radius 3 is 2.77 bits per heavy atom. The summed E-state index contributed by atoms with van der Waals surface area (Å²) in [5.74, 6) is 0.665. The van der Waals surface area contributed by atoms with Crippen LogP contribution in [-0.2, 0) is 12.0 Å². The zero-order valence-corrected chi connectivity index (χ0v) is 12.1. The molecule has 1 aliphatic rings. The van der Waals surface area contributed by atoms with Crippen LogP contribution in [0.2, 0.25) is 0 Å². The number of aromatic nitrogens is 4. The fourth-order valence-corrected chi connectivity index (χ4v) is 3.35. The number of imidazole rings is 1. The predicted octanol–water partition coefficient (Wildman–Crippen LogP) is 1.36. The zero-order valence-electron chi connectivity index (χ0n) is 12.1. The van der Waals surface area contributed by atoms with Crippen molar-refractivity contribution in [1.82, 2.24) is 19.5 Å². The van der Waals surface area contributed by atoms with Gasteiger partial charge < -0.3 is 15.4 Å². The topological polar surface area (TPSA) is 89.9 Å². The van der Waals surface area contributed by atoms with Crippen molar-refractivity contribution in [3.05, 3.63) is 48.5 Å². The van der Waals surface area contributed by atoms with Gasteiger partial charge in [-0.2, -0.15) is 0 Å². The molecule has 2 aromatic heterocycles. The molecule has 1 aliphatic carbocycles. The number of fused-ring (bicyclic) bond motifs is 1. The number of hydrogen-bond donors (Lipinski definition) is 2. The third-order valence-electron chi connectivity index (χ3n) is 4.68. The second-order valence-electron chi connectivity index (χ2n) is 5.91. The van der Waals surface area contributed by atoms with E-state index in [0.29, 0.717) is 11.3 Å². The van der Waals surface area contributed by atoms with Crippen molar-refractivity contribution in [1.29, 1.82) is 0 Å². The normalized spacial score (nSPS) is 23.8. The Morgan fingerprint density at radius 1 is 1.23 bits per heavy atom. The van der Waals surface area contributed by atoms with Crippen LogP contribution >= 0.6 is 0 Å². The van der Waals surface area contributed by atoms with E-state index in [1.54, 1.807) is 6.33 Å². The molecule has 2 heterocycles. The fourth-order valence-electron chi connectivity index (χ4n) is 3.35. The van der Waals surface area contributed by atoms with Crippen molar-refractivity contribution < 1.29 is 5.11 Å². The molecule has 6 nitrogen and oxygen atoms in total. The number of rotatable bonds is 4. The monoisotopic (exact) mass is 295 g/mol. The van der Waals surface area contributed by atoms with Crippen LogP contribution in [0.25, 0.3) is 11.2 Å². The number of nitrogen functional groups attached to an aromatic ring is 1. The average molecular weight is 295 g/mol. The molecule has 2 atom stereocenters. The Bertz CT molecular complexity index is 816. The Hall–Kier alpha value is -2.47. The number of aliphatic hydroxyl groups is 1. The van der Waals surface area contributed by atoms with Gasteiger partial charge in [-0.05, 0) is 17.9 Å². The quantitative estimate of drug-likeness (QED) is 0.758. The Morgan fingerprint density at radius 2 is 2.05 bits per heavy atom. The first-order chi connectivity index (χ1) is 10.7. The molecule has 6 heteroatoms. The Labute approximate surface area is 127 Å². The van der Waals surface area contributed by atoms with Crippen LogP contribution in [0.5, 0.6) is 0 Å². The van der Waals surface area contributed by atoms with Gasteiger partial charge >= 0.3 is 0 Å². The van der Waals surface area contributed by atoms with E-state index in [-0.39, 0.29) is 17.9 Å². The summed E-state index contributed by atoms with van der Waals surface area (Å²) in [5.41, 5.74) is 8.42. The van der Waals surface area contributed by atoms with Crippen molar-refractivity contribution in [2.45, 2.75) is 18.4 Å². The van der Waals surface area contributed by atoms with Crippen molar-refractivity contribution in [3.8, 4) is 0 Å². The molecule has 4 rings (SSSR count). The fraction of sp³-hybridized carbons (Fsp3) is 0.312. The molecule has 22 heavy (non-hydrogen) atoms. The van der Waals surface area contributed by atoms with Gasteiger partial charge in [-0.3, -0.25) is 0 Å². The summed E-state index contributed by atoms with van der Waals surface area (Å²) in [6.07, 6.45) is 4.18. The zero-order chi connectivity index (χ0) is 15.2. The third-order valence-corrected chi connectivity index (χ3v) is 4.68. The molecular weight excluding hydrogens is 278 g/mol. The molecule has 3 N–H and O–H groups in total. The summed E-state index contributed by atoms with van der Waals surface area (Å²) in [4.78, 5) is 12.6. The maximum absolute atomic E-state index is 9.62. The molecule has 0 saturated heterocycles. The molecule has 112 valence electrons. The van der Waals surface area contributed by atoms with Crippen LogP contribution in [-0.4, -0.2) is 31.2 Å². The summed E-state index contributed by atoms with van der Waals surface area (Å²) in [6, 6.07) is 10.3. The highest BCUT2D eigenvalue weighted by atomic mass is 16.3. The predicted molar refractivity (Wildman–Crippen MR) is 83.0 cm³/mol. The van der Waals surface area contributed by atoms with E-state index >= 15 is 0 Å². The number of anilines is 1. The third kappa shape index (κ3) is 1.88. The van der Waals surface area contributed by atoms with Crippen LogP contribution in [0, 0.1) is 5.92 Å². The first-order valence-electron chi connectivity index (χ1n) is 7.32. The van der Waals surface area contributed by atoms with Gasteiger partial charge in [0.1, 0.15) is 11.8 Å². The minimum Gasteiger partial charge on any atom is -0.396 e. The van der Waals surface area contributed by atoms with Gasteiger partial charge in [0.25, 0.3) is 0 Å². The highest BCUT2D eigenvalue weighted by Crippen LogP contribution is 2.55. The number of nitrogens with two attached hydrogens (primary N) is 1. The molecule has 0 spiro atoms. The van der Waals surface area contributed by atoms with Crippen molar-refractivity contribution in [2.24, 2.45) is 5.92 Å². The molecule has 1 fully saturated rings. The molecule has 1 aromatic carbocycles. The van der Waals surface area contributed by atoms with Crippen LogP contribution in [0.3, 0.4) is 0 Å². The van der Waals surface area contributed by atoms with E-state index in [0.717, 1.165) is 18.6 Å². The van der Waals surface area contributed by atoms with Crippen LogP contribution in [0.15, 0.2) is 43.0 Å². The molecule has 1 saturated carbocycles. The van der Waals surface area contributed by atoms with E-state index in [1.807, 2.05) is 22.8 Å². The first kappa shape index (κ1) is 13.2. The smallest absolute Gasteiger partial charge is 0.165 e. The second-order valence-corrected chi connectivity index (χ2v) is 5.91. The number of aliphatic hydroxyl groups excluding tert-OH is 1. The van der Waals surface area contributed by atoms with Gasteiger partial charge in [-0.15, -0.1) is 0 Å². The van der Waals surface area contributed by atoms with Gasteiger partial charge in [0.05, 0.1) is 6.33 Å². The summed E-state index contributed by atoms with van der Waals surface area (Å²) < 4.78 is 2.01. The molecule has 0 radical (unpaired) electrons.